The van der Waals surface area contributed by atoms with Crippen LogP contribution in [0.25, 0.3) is 16.6 Å². The fourth-order valence-electron chi connectivity index (χ4n) is 4.28. The molecule has 0 radical (unpaired) electrons. The summed E-state index contributed by atoms with van der Waals surface area (Å²) in [6, 6.07) is 22.0. The molecule has 0 bridgehead atoms. The van der Waals surface area contributed by atoms with Crippen LogP contribution in [-0.2, 0) is 11.3 Å². The number of rotatable bonds is 5. The smallest absolute Gasteiger partial charge is 0.265 e. The normalized spacial score (nSPS) is 13.5. The van der Waals surface area contributed by atoms with E-state index in [2.05, 4.69) is 15.6 Å². The number of aromatic nitrogens is 2. The van der Waals surface area contributed by atoms with Crippen LogP contribution in [0.2, 0.25) is 0 Å². The summed E-state index contributed by atoms with van der Waals surface area (Å²) < 4.78 is 1.55. The highest BCUT2D eigenvalue weighted by Crippen LogP contribution is 2.17. The van der Waals surface area contributed by atoms with Crippen LogP contribution >= 0.6 is 0 Å². The molecule has 2 N–H and O–H groups in total. The Morgan fingerprint density at radius 2 is 1.69 bits per heavy atom. The van der Waals surface area contributed by atoms with Crippen molar-refractivity contribution in [3.8, 4) is 5.69 Å². The van der Waals surface area contributed by atoms with Crippen LogP contribution in [0.3, 0.4) is 0 Å². The Kier molecular flexibility index (Phi) is 6.01. The number of amides is 2. The standard InChI is InChI=1S/C27H25N5O3/c1-18-30-24-5-3-2-4-23(24)27(35)32(18)22-12-8-20(9-13-22)26(34)29-16-19-6-10-21(11-7-19)31-15-14-28-25(33)17-31/h2-13H,14-17H2,1H3,(H,28,33)(H,29,34). The Bertz CT molecular complexity index is 1460. The summed E-state index contributed by atoms with van der Waals surface area (Å²) in [5, 5.41) is 6.30. The van der Waals surface area contributed by atoms with E-state index in [4.69, 9.17) is 0 Å². The molecule has 1 aliphatic rings. The molecule has 35 heavy (non-hydrogen) atoms. The minimum atomic E-state index is -0.200. The second-order valence-corrected chi connectivity index (χ2v) is 8.48. The van der Waals surface area contributed by atoms with Crippen molar-refractivity contribution >= 4 is 28.4 Å². The van der Waals surface area contributed by atoms with E-state index in [1.54, 1.807) is 41.8 Å². The molecule has 8 heteroatoms. The molecule has 0 saturated carbocycles. The first-order valence-corrected chi connectivity index (χ1v) is 11.5. The molecule has 3 aromatic carbocycles. The third kappa shape index (κ3) is 4.63. The van der Waals surface area contributed by atoms with Gasteiger partial charge >= 0.3 is 0 Å². The van der Waals surface area contributed by atoms with E-state index in [-0.39, 0.29) is 17.4 Å². The number of aryl methyl sites for hydroxylation is 1. The van der Waals surface area contributed by atoms with Crippen LogP contribution in [-0.4, -0.2) is 41.0 Å². The van der Waals surface area contributed by atoms with Crippen molar-refractivity contribution in [1.29, 1.82) is 0 Å². The van der Waals surface area contributed by atoms with Gasteiger partial charge in [-0.2, -0.15) is 0 Å². The number of nitrogens with zero attached hydrogens (tertiary/aromatic N) is 3. The Labute approximate surface area is 202 Å². The molecule has 0 unspecified atom stereocenters. The average molecular weight is 468 g/mol. The number of anilines is 1. The van der Waals surface area contributed by atoms with Gasteiger partial charge in [0.15, 0.2) is 0 Å². The number of hydrogen-bond acceptors (Lipinski definition) is 5. The minimum absolute atomic E-state index is 0.0236. The van der Waals surface area contributed by atoms with E-state index >= 15 is 0 Å². The van der Waals surface area contributed by atoms with Gasteiger partial charge in [0.25, 0.3) is 11.5 Å². The van der Waals surface area contributed by atoms with Crippen LogP contribution in [0, 0.1) is 6.92 Å². The van der Waals surface area contributed by atoms with Crippen molar-refractivity contribution in [2.45, 2.75) is 13.5 Å². The van der Waals surface area contributed by atoms with Gasteiger partial charge in [-0.05, 0) is 61.0 Å². The maximum absolute atomic E-state index is 13.0. The largest absolute Gasteiger partial charge is 0.360 e. The summed E-state index contributed by atoms with van der Waals surface area (Å²) in [5.74, 6) is 0.407. The number of piperazine rings is 1. The molecule has 8 nitrogen and oxygen atoms in total. The number of nitrogens with one attached hydrogen (secondary N) is 2. The Morgan fingerprint density at radius 1 is 0.971 bits per heavy atom. The summed E-state index contributed by atoms with van der Waals surface area (Å²) in [6.45, 7) is 3.95. The fourth-order valence-corrected chi connectivity index (χ4v) is 4.28. The summed E-state index contributed by atoms with van der Waals surface area (Å²) in [4.78, 5) is 43.8. The predicted molar refractivity (Wildman–Crippen MR) is 135 cm³/mol. The molecular formula is C27H25N5O3. The lowest BCUT2D eigenvalue weighted by molar-refractivity contribution is -0.120. The maximum Gasteiger partial charge on any atom is 0.265 e. The molecule has 176 valence electrons. The zero-order valence-corrected chi connectivity index (χ0v) is 19.3. The first-order chi connectivity index (χ1) is 17.0. The van der Waals surface area contributed by atoms with E-state index in [1.165, 1.54) is 0 Å². The molecule has 0 aliphatic carbocycles. The average Bonchev–Trinajstić information content (AvgIpc) is 2.88. The highest BCUT2D eigenvalue weighted by molar-refractivity contribution is 5.94. The van der Waals surface area contributed by atoms with Crippen molar-refractivity contribution in [3.63, 3.8) is 0 Å². The molecule has 1 saturated heterocycles. The van der Waals surface area contributed by atoms with Gasteiger partial charge in [0.2, 0.25) is 5.91 Å². The van der Waals surface area contributed by atoms with Crippen LogP contribution in [0.15, 0.2) is 77.6 Å². The first kappa shape index (κ1) is 22.3. The second-order valence-electron chi connectivity index (χ2n) is 8.48. The lowest BCUT2D eigenvalue weighted by Crippen LogP contribution is -2.47. The van der Waals surface area contributed by atoms with E-state index in [1.807, 2.05) is 47.4 Å². The molecule has 1 aliphatic heterocycles. The van der Waals surface area contributed by atoms with Gasteiger partial charge in [-0.15, -0.1) is 0 Å². The van der Waals surface area contributed by atoms with Gasteiger partial charge in [-0.3, -0.25) is 19.0 Å². The van der Waals surface area contributed by atoms with Crippen molar-refractivity contribution in [2.75, 3.05) is 24.5 Å². The number of benzene rings is 3. The predicted octanol–water partition coefficient (Wildman–Crippen LogP) is 2.56. The van der Waals surface area contributed by atoms with E-state index in [0.717, 1.165) is 17.8 Å². The molecule has 1 aromatic heterocycles. The van der Waals surface area contributed by atoms with Gasteiger partial charge in [0.05, 0.1) is 23.1 Å². The molecule has 5 rings (SSSR count). The lowest BCUT2D eigenvalue weighted by Gasteiger charge is -2.28. The van der Waals surface area contributed by atoms with Gasteiger partial charge < -0.3 is 15.5 Å². The van der Waals surface area contributed by atoms with Crippen LogP contribution in [0.5, 0.6) is 0 Å². The zero-order valence-electron chi connectivity index (χ0n) is 19.3. The Hall–Kier alpha value is -4.46. The molecule has 0 spiro atoms. The SMILES string of the molecule is Cc1nc2ccccc2c(=O)n1-c1ccc(C(=O)NCc2ccc(N3CCNC(=O)C3)cc2)cc1. The highest BCUT2D eigenvalue weighted by atomic mass is 16.2. The maximum atomic E-state index is 13.0. The Morgan fingerprint density at radius 3 is 2.43 bits per heavy atom. The molecule has 1 fully saturated rings. The number of carbonyl (C=O) groups excluding carboxylic acids is 2. The summed E-state index contributed by atoms with van der Waals surface area (Å²) in [6.07, 6.45) is 0. The van der Waals surface area contributed by atoms with Crippen LogP contribution in [0.4, 0.5) is 5.69 Å². The van der Waals surface area contributed by atoms with Gasteiger partial charge in [0.1, 0.15) is 5.82 Å². The van der Waals surface area contributed by atoms with Crippen LogP contribution in [0.1, 0.15) is 21.7 Å². The zero-order chi connectivity index (χ0) is 24.4. The van der Waals surface area contributed by atoms with Crippen molar-refractivity contribution in [3.05, 3.63) is 100 Å². The number of fused-ring (bicyclic) bond motifs is 1. The number of carbonyl (C=O) groups is 2. The Balaban J connectivity index is 1.26. The second kappa shape index (κ2) is 9.42. The fraction of sp³-hybridized carbons (Fsp3) is 0.185. The minimum Gasteiger partial charge on any atom is -0.360 e. The topological polar surface area (TPSA) is 96.3 Å². The van der Waals surface area contributed by atoms with Gasteiger partial charge in [-0.25, -0.2) is 4.98 Å². The van der Waals surface area contributed by atoms with Crippen molar-refractivity contribution in [1.82, 2.24) is 20.2 Å². The molecule has 2 amide bonds. The quantitative estimate of drug-likeness (QED) is 0.470. The van der Waals surface area contributed by atoms with Crippen molar-refractivity contribution < 1.29 is 9.59 Å². The molecule has 2 heterocycles. The summed E-state index contributed by atoms with van der Waals surface area (Å²) >= 11 is 0. The molecule has 0 atom stereocenters. The first-order valence-electron chi connectivity index (χ1n) is 11.5. The highest BCUT2D eigenvalue weighted by Gasteiger charge is 2.16. The number of hydrogen-bond donors (Lipinski definition) is 2. The monoisotopic (exact) mass is 467 g/mol. The van der Waals surface area contributed by atoms with Gasteiger partial charge in [-0.1, -0.05) is 24.3 Å². The van der Waals surface area contributed by atoms with Gasteiger partial charge in [0, 0.05) is 30.9 Å². The van der Waals surface area contributed by atoms with Crippen molar-refractivity contribution in [2.24, 2.45) is 0 Å². The van der Waals surface area contributed by atoms with E-state index < -0.39 is 0 Å². The van der Waals surface area contributed by atoms with Crippen LogP contribution < -0.4 is 21.1 Å². The third-order valence-electron chi connectivity index (χ3n) is 6.12. The lowest BCUT2D eigenvalue weighted by atomic mass is 10.1. The summed E-state index contributed by atoms with van der Waals surface area (Å²) in [5.41, 5.74) is 3.63. The van der Waals surface area contributed by atoms with E-state index in [9.17, 15) is 14.4 Å². The summed E-state index contributed by atoms with van der Waals surface area (Å²) in [7, 11) is 0. The van der Waals surface area contributed by atoms with E-state index in [0.29, 0.717) is 47.6 Å². The third-order valence-corrected chi connectivity index (χ3v) is 6.12. The number of para-hydroxylation sites is 1. The molecule has 4 aromatic rings. The molecular weight excluding hydrogens is 442 g/mol.